The summed E-state index contributed by atoms with van der Waals surface area (Å²) >= 11 is 5.62. The molecule has 108 valence electrons. The maximum absolute atomic E-state index is 11.8. The van der Waals surface area contributed by atoms with Gasteiger partial charge in [-0.1, -0.05) is 12.7 Å². The number of hydrogen-bond donors (Lipinski definition) is 2. The van der Waals surface area contributed by atoms with Crippen LogP contribution in [0.4, 0.5) is 0 Å². The third-order valence-electron chi connectivity index (χ3n) is 2.02. The summed E-state index contributed by atoms with van der Waals surface area (Å²) in [6, 6.07) is 0. The lowest BCUT2D eigenvalue weighted by atomic mass is 10.2. The smallest absolute Gasteiger partial charge is 0.251 e. The monoisotopic (exact) mass is 287 g/mol. The van der Waals surface area contributed by atoms with E-state index in [1.54, 1.807) is 18.2 Å². The molecule has 0 spiro atoms. The number of halogens is 1. The standard InChI is InChI=1S/C14H22ClNO3/c1-11(2)19-12(3)5-6-13(7-8-15)14(18)16-9-4-10-17/h5-7,11,17H,3-4,8-10H2,1-2H3,(H,16,18)/b6-5-,13-7+. The molecule has 4 nitrogen and oxygen atoms in total. The Bertz CT molecular complexity index is 349. The molecule has 0 unspecified atom stereocenters. The van der Waals surface area contributed by atoms with Gasteiger partial charge < -0.3 is 15.2 Å². The molecule has 0 heterocycles. The summed E-state index contributed by atoms with van der Waals surface area (Å²) in [5.74, 6) is 0.492. The van der Waals surface area contributed by atoms with Crippen molar-refractivity contribution in [3.63, 3.8) is 0 Å². The van der Waals surface area contributed by atoms with Gasteiger partial charge in [-0.25, -0.2) is 0 Å². The van der Waals surface area contributed by atoms with Crippen LogP contribution in [0.5, 0.6) is 0 Å². The van der Waals surface area contributed by atoms with E-state index in [-0.39, 0.29) is 24.5 Å². The van der Waals surface area contributed by atoms with Crippen LogP contribution < -0.4 is 5.32 Å². The third-order valence-corrected chi connectivity index (χ3v) is 2.17. The average Bonchev–Trinajstić information content (AvgIpc) is 2.33. The van der Waals surface area contributed by atoms with Gasteiger partial charge in [0, 0.05) is 24.6 Å². The molecule has 0 rings (SSSR count). The van der Waals surface area contributed by atoms with Crippen molar-refractivity contribution in [2.45, 2.75) is 26.4 Å². The molecule has 0 saturated carbocycles. The zero-order valence-electron chi connectivity index (χ0n) is 11.5. The van der Waals surface area contributed by atoms with Crippen LogP contribution in [0.1, 0.15) is 20.3 Å². The summed E-state index contributed by atoms with van der Waals surface area (Å²) < 4.78 is 5.35. The highest BCUT2D eigenvalue weighted by Gasteiger charge is 2.05. The molecule has 0 fully saturated rings. The lowest BCUT2D eigenvalue weighted by molar-refractivity contribution is -0.117. The molecule has 0 aromatic carbocycles. The van der Waals surface area contributed by atoms with Crippen molar-refractivity contribution >= 4 is 17.5 Å². The normalized spacial score (nSPS) is 11.9. The molecule has 0 radical (unpaired) electrons. The van der Waals surface area contributed by atoms with Crippen molar-refractivity contribution in [1.29, 1.82) is 0 Å². The summed E-state index contributed by atoms with van der Waals surface area (Å²) in [6.45, 7) is 7.99. The molecule has 1 amide bonds. The van der Waals surface area contributed by atoms with Gasteiger partial charge in [0.2, 0.25) is 0 Å². The van der Waals surface area contributed by atoms with E-state index in [1.807, 2.05) is 13.8 Å². The van der Waals surface area contributed by atoms with E-state index in [2.05, 4.69) is 11.9 Å². The quantitative estimate of drug-likeness (QED) is 0.225. The predicted molar refractivity (Wildman–Crippen MR) is 78.0 cm³/mol. The first-order valence-corrected chi connectivity index (χ1v) is 6.73. The third kappa shape index (κ3) is 9.33. The Labute approximate surface area is 119 Å². The van der Waals surface area contributed by atoms with Crippen LogP contribution in [0.25, 0.3) is 0 Å². The Kier molecular flexibility index (Phi) is 9.94. The van der Waals surface area contributed by atoms with Crippen LogP contribution in [0.15, 0.2) is 36.1 Å². The van der Waals surface area contributed by atoms with Gasteiger partial charge in [-0.05, 0) is 32.4 Å². The Morgan fingerprint density at radius 3 is 2.68 bits per heavy atom. The van der Waals surface area contributed by atoms with Crippen molar-refractivity contribution in [2.75, 3.05) is 19.0 Å². The predicted octanol–water partition coefficient (Wildman–Crippen LogP) is 2.15. The molecule has 0 aromatic rings. The van der Waals surface area contributed by atoms with Crippen molar-refractivity contribution in [3.8, 4) is 0 Å². The molecule has 0 bridgehead atoms. The fraction of sp³-hybridized carbons (Fsp3) is 0.500. The van der Waals surface area contributed by atoms with Gasteiger partial charge >= 0.3 is 0 Å². The molecule has 2 N–H and O–H groups in total. The number of alkyl halides is 1. The van der Waals surface area contributed by atoms with Crippen molar-refractivity contribution < 1.29 is 14.6 Å². The molecular weight excluding hydrogens is 266 g/mol. The van der Waals surface area contributed by atoms with E-state index < -0.39 is 0 Å². The summed E-state index contributed by atoms with van der Waals surface area (Å²) in [5, 5.41) is 11.3. The molecule has 0 atom stereocenters. The number of carbonyl (C=O) groups excluding carboxylic acids is 1. The highest BCUT2D eigenvalue weighted by Crippen LogP contribution is 2.05. The van der Waals surface area contributed by atoms with Crippen LogP contribution in [-0.2, 0) is 9.53 Å². The number of hydrogen-bond acceptors (Lipinski definition) is 3. The Hall–Kier alpha value is -1.26. The summed E-state index contributed by atoms with van der Waals surface area (Å²) in [7, 11) is 0. The summed E-state index contributed by atoms with van der Waals surface area (Å²) in [5.41, 5.74) is 0.446. The van der Waals surface area contributed by atoms with E-state index in [9.17, 15) is 4.79 Å². The number of nitrogens with one attached hydrogen (secondary N) is 1. The Morgan fingerprint density at radius 2 is 2.16 bits per heavy atom. The molecule has 0 saturated heterocycles. The summed E-state index contributed by atoms with van der Waals surface area (Å²) in [4.78, 5) is 11.8. The maximum atomic E-state index is 11.8. The van der Waals surface area contributed by atoms with E-state index >= 15 is 0 Å². The molecule has 19 heavy (non-hydrogen) atoms. The molecule has 5 heteroatoms. The van der Waals surface area contributed by atoms with Gasteiger partial charge in [-0.15, -0.1) is 11.6 Å². The number of allylic oxidation sites excluding steroid dienone is 2. The van der Waals surface area contributed by atoms with E-state index in [0.717, 1.165) is 0 Å². The van der Waals surface area contributed by atoms with Gasteiger partial charge in [-0.2, -0.15) is 0 Å². The number of ether oxygens (including phenoxy) is 1. The summed E-state index contributed by atoms with van der Waals surface area (Å²) in [6.07, 6.45) is 5.41. The van der Waals surface area contributed by atoms with E-state index in [0.29, 0.717) is 24.3 Å². The van der Waals surface area contributed by atoms with Gasteiger partial charge in [-0.3, -0.25) is 4.79 Å². The first-order chi connectivity index (χ1) is 9.01. The molecular formula is C14H22ClNO3. The highest BCUT2D eigenvalue weighted by molar-refractivity contribution is 6.19. The zero-order chi connectivity index (χ0) is 14.7. The zero-order valence-corrected chi connectivity index (χ0v) is 12.2. The highest BCUT2D eigenvalue weighted by atomic mass is 35.5. The van der Waals surface area contributed by atoms with Crippen LogP contribution in [0.3, 0.4) is 0 Å². The number of rotatable bonds is 9. The number of aliphatic hydroxyl groups is 1. The number of amides is 1. The van der Waals surface area contributed by atoms with Crippen LogP contribution in [0.2, 0.25) is 0 Å². The topological polar surface area (TPSA) is 58.6 Å². The average molecular weight is 288 g/mol. The lowest BCUT2D eigenvalue weighted by Crippen LogP contribution is -2.26. The fourth-order valence-electron chi connectivity index (χ4n) is 1.23. The Balaban J connectivity index is 4.48. The molecule has 0 aliphatic carbocycles. The minimum Gasteiger partial charge on any atom is -0.492 e. The van der Waals surface area contributed by atoms with E-state index in [4.69, 9.17) is 21.4 Å². The van der Waals surface area contributed by atoms with Crippen molar-refractivity contribution in [3.05, 3.63) is 36.1 Å². The minimum absolute atomic E-state index is 0.0380. The van der Waals surface area contributed by atoms with Gasteiger partial charge in [0.1, 0.15) is 5.76 Å². The second-order valence-electron chi connectivity index (χ2n) is 4.11. The van der Waals surface area contributed by atoms with Crippen LogP contribution in [-0.4, -0.2) is 36.1 Å². The molecule has 0 aromatic heterocycles. The first-order valence-electron chi connectivity index (χ1n) is 6.20. The van der Waals surface area contributed by atoms with Gasteiger partial charge in [0.05, 0.1) is 6.10 Å². The minimum atomic E-state index is -0.234. The van der Waals surface area contributed by atoms with Crippen LogP contribution >= 0.6 is 11.6 Å². The SMILES string of the molecule is C=C(/C=C\C(=C/CCl)C(=O)NCCCO)OC(C)C. The second-order valence-corrected chi connectivity index (χ2v) is 4.42. The number of carbonyl (C=O) groups is 1. The van der Waals surface area contributed by atoms with Crippen molar-refractivity contribution in [1.82, 2.24) is 5.32 Å². The lowest BCUT2D eigenvalue weighted by Gasteiger charge is -2.09. The molecule has 0 aliphatic rings. The van der Waals surface area contributed by atoms with Gasteiger partial charge in [0.15, 0.2) is 0 Å². The van der Waals surface area contributed by atoms with Crippen LogP contribution in [0, 0.1) is 0 Å². The van der Waals surface area contributed by atoms with Crippen molar-refractivity contribution in [2.24, 2.45) is 0 Å². The largest absolute Gasteiger partial charge is 0.492 e. The second kappa shape index (κ2) is 10.6. The Morgan fingerprint density at radius 1 is 1.47 bits per heavy atom. The van der Waals surface area contributed by atoms with Gasteiger partial charge in [0.25, 0.3) is 5.91 Å². The number of aliphatic hydroxyl groups excluding tert-OH is 1. The molecule has 0 aliphatic heterocycles. The van der Waals surface area contributed by atoms with E-state index in [1.165, 1.54) is 0 Å². The maximum Gasteiger partial charge on any atom is 0.251 e. The fourth-order valence-corrected chi connectivity index (χ4v) is 1.39. The first kappa shape index (κ1) is 17.7.